The fraction of sp³-hybridized carbons (Fsp3) is 0.348. The van der Waals surface area contributed by atoms with Gasteiger partial charge >= 0.3 is 0 Å². The van der Waals surface area contributed by atoms with Crippen LogP contribution >= 0.6 is 11.3 Å². The van der Waals surface area contributed by atoms with Gasteiger partial charge in [-0.2, -0.15) is 0 Å². The number of anilines is 2. The monoisotopic (exact) mass is 435 g/mol. The quantitative estimate of drug-likeness (QED) is 0.476. The number of amides is 1. The summed E-state index contributed by atoms with van der Waals surface area (Å²) in [4.78, 5) is 21.3. The molecule has 7 nitrogen and oxygen atoms in total. The van der Waals surface area contributed by atoms with E-state index in [1.807, 2.05) is 55.3 Å². The number of thiazole rings is 1. The number of imidazole rings is 1. The Morgan fingerprint density at radius 3 is 2.97 bits per heavy atom. The molecule has 0 saturated carbocycles. The number of nitrogens with zero attached hydrogens (tertiary/aromatic N) is 4. The van der Waals surface area contributed by atoms with Crippen LogP contribution in [0.2, 0.25) is 0 Å². The Balaban J connectivity index is 1.42. The molecule has 4 heterocycles. The van der Waals surface area contributed by atoms with Crippen molar-refractivity contribution in [3.05, 3.63) is 64.6 Å². The number of hydrogen-bond donors (Lipinski definition) is 1. The molecule has 8 heteroatoms. The number of carbonyl (C=O) groups excluding carboxylic acids is 1. The minimum atomic E-state index is 0.0181. The van der Waals surface area contributed by atoms with Gasteiger partial charge in [0.15, 0.2) is 0 Å². The van der Waals surface area contributed by atoms with Crippen LogP contribution in [-0.2, 0) is 6.42 Å². The van der Waals surface area contributed by atoms with E-state index in [-0.39, 0.29) is 11.8 Å². The largest absolute Gasteiger partial charge is 0.360 e. The second-order valence-electron chi connectivity index (χ2n) is 7.90. The van der Waals surface area contributed by atoms with Gasteiger partial charge in [0, 0.05) is 42.7 Å². The lowest BCUT2D eigenvalue weighted by Crippen LogP contribution is -2.39. The van der Waals surface area contributed by atoms with E-state index in [1.54, 1.807) is 11.3 Å². The summed E-state index contributed by atoms with van der Waals surface area (Å²) in [7, 11) is 0. The van der Waals surface area contributed by atoms with E-state index >= 15 is 0 Å². The van der Waals surface area contributed by atoms with Crippen LogP contribution in [0.15, 0.2) is 46.4 Å². The number of benzene rings is 1. The van der Waals surface area contributed by atoms with E-state index in [0.717, 1.165) is 41.5 Å². The summed E-state index contributed by atoms with van der Waals surface area (Å²) in [5, 5.41) is 9.52. The van der Waals surface area contributed by atoms with E-state index in [4.69, 9.17) is 9.51 Å². The molecule has 0 spiro atoms. The standard InChI is InChI=1S/C23H25N5O2S/c1-3-18-19(15(2)26-30-18)21(29)27-11-7-8-16(14-27)20-22-28(12-13-31-22)23(25-20)24-17-9-5-4-6-10-17/h4-6,9-10,12-13,16H,3,7-8,11,14H2,1-2H3,(H,24,25). The molecule has 31 heavy (non-hydrogen) atoms. The Kier molecular flexibility index (Phi) is 5.23. The van der Waals surface area contributed by atoms with Crippen LogP contribution in [0.1, 0.15) is 53.2 Å². The lowest BCUT2D eigenvalue weighted by molar-refractivity contribution is 0.0703. The van der Waals surface area contributed by atoms with Crippen LogP contribution in [0, 0.1) is 6.92 Å². The van der Waals surface area contributed by atoms with E-state index in [9.17, 15) is 4.79 Å². The van der Waals surface area contributed by atoms with Gasteiger partial charge < -0.3 is 14.7 Å². The molecular formula is C23H25N5O2S. The number of aryl methyl sites for hydroxylation is 2. The second kappa shape index (κ2) is 8.19. The summed E-state index contributed by atoms with van der Waals surface area (Å²) in [6.07, 6.45) is 4.67. The maximum absolute atomic E-state index is 13.3. The van der Waals surface area contributed by atoms with E-state index < -0.39 is 0 Å². The second-order valence-corrected chi connectivity index (χ2v) is 8.79. The van der Waals surface area contributed by atoms with Gasteiger partial charge in [0.25, 0.3) is 5.91 Å². The van der Waals surface area contributed by atoms with Crippen molar-refractivity contribution in [2.24, 2.45) is 0 Å². The molecule has 0 radical (unpaired) electrons. The van der Waals surface area contributed by atoms with Crippen LogP contribution in [0.5, 0.6) is 0 Å². The SMILES string of the molecule is CCc1onc(C)c1C(=O)N1CCCC(c2nc(Nc3ccccc3)n3ccsc23)C1. The lowest BCUT2D eigenvalue weighted by atomic mass is 9.94. The highest BCUT2D eigenvalue weighted by molar-refractivity contribution is 7.15. The van der Waals surface area contributed by atoms with Gasteiger partial charge in [0.1, 0.15) is 16.2 Å². The summed E-state index contributed by atoms with van der Waals surface area (Å²) >= 11 is 1.69. The number of carbonyl (C=O) groups is 1. The molecule has 1 fully saturated rings. The van der Waals surface area contributed by atoms with Crippen molar-refractivity contribution in [2.45, 2.75) is 39.0 Å². The van der Waals surface area contributed by atoms with Gasteiger partial charge in [0.2, 0.25) is 5.95 Å². The first-order valence-electron chi connectivity index (χ1n) is 10.7. The van der Waals surface area contributed by atoms with Gasteiger partial charge in [-0.15, -0.1) is 11.3 Å². The maximum Gasteiger partial charge on any atom is 0.259 e. The molecule has 0 aliphatic carbocycles. The highest BCUT2D eigenvalue weighted by Gasteiger charge is 2.32. The average Bonchev–Trinajstić information content (AvgIpc) is 3.50. The molecule has 1 aromatic carbocycles. The van der Waals surface area contributed by atoms with Gasteiger partial charge in [-0.1, -0.05) is 30.3 Å². The van der Waals surface area contributed by atoms with Gasteiger partial charge in [-0.05, 0) is 31.9 Å². The van der Waals surface area contributed by atoms with E-state index in [0.29, 0.717) is 30.0 Å². The number of aromatic nitrogens is 3. The van der Waals surface area contributed by atoms with Crippen molar-refractivity contribution >= 4 is 33.7 Å². The van der Waals surface area contributed by atoms with Crippen molar-refractivity contribution in [1.82, 2.24) is 19.4 Å². The smallest absolute Gasteiger partial charge is 0.259 e. The fourth-order valence-electron chi connectivity index (χ4n) is 4.33. The molecule has 1 unspecified atom stereocenters. The van der Waals surface area contributed by atoms with E-state index in [1.165, 1.54) is 0 Å². The van der Waals surface area contributed by atoms with Crippen LogP contribution in [0.25, 0.3) is 4.83 Å². The van der Waals surface area contributed by atoms with E-state index in [2.05, 4.69) is 20.3 Å². The number of piperidine rings is 1. The van der Waals surface area contributed by atoms with Crippen molar-refractivity contribution in [3.63, 3.8) is 0 Å². The van der Waals surface area contributed by atoms with Crippen LogP contribution in [0.3, 0.4) is 0 Å². The van der Waals surface area contributed by atoms with Crippen molar-refractivity contribution in [2.75, 3.05) is 18.4 Å². The molecule has 1 amide bonds. The highest BCUT2D eigenvalue weighted by Crippen LogP contribution is 2.34. The first-order chi connectivity index (χ1) is 15.2. The van der Waals surface area contributed by atoms with Crippen LogP contribution in [-0.4, -0.2) is 38.4 Å². The Bertz CT molecular complexity index is 1210. The Hall–Kier alpha value is -3.13. The van der Waals surface area contributed by atoms with Crippen molar-refractivity contribution in [1.29, 1.82) is 0 Å². The Morgan fingerprint density at radius 2 is 2.16 bits per heavy atom. The lowest BCUT2D eigenvalue weighted by Gasteiger charge is -2.32. The third-order valence-electron chi connectivity index (χ3n) is 5.88. The Labute approximate surface area is 184 Å². The van der Waals surface area contributed by atoms with Crippen LogP contribution in [0.4, 0.5) is 11.6 Å². The molecule has 160 valence electrons. The van der Waals surface area contributed by atoms with Crippen molar-refractivity contribution in [3.8, 4) is 0 Å². The predicted octanol–water partition coefficient (Wildman–Crippen LogP) is 5.02. The fourth-order valence-corrected chi connectivity index (χ4v) is 5.23. The topological polar surface area (TPSA) is 75.7 Å². The number of hydrogen-bond acceptors (Lipinski definition) is 6. The average molecular weight is 436 g/mol. The molecule has 0 bridgehead atoms. The van der Waals surface area contributed by atoms with Crippen molar-refractivity contribution < 1.29 is 9.32 Å². The Morgan fingerprint density at radius 1 is 1.32 bits per heavy atom. The molecule has 3 aromatic heterocycles. The maximum atomic E-state index is 13.3. The molecule has 1 aliphatic rings. The number of fused-ring (bicyclic) bond motifs is 1. The number of para-hydroxylation sites is 1. The summed E-state index contributed by atoms with van der Waals surface area (Å²) in [5.41, 5.74) is 3.35. The van der Waals surface area contributed by atoms with Crippen LogP contribution < -0.4 is 5.32 Å². The van der Waals surface area contributed by atoms with Gasteiger partial charge in [0.05, 0.1) is 11.4 Å². The highest BCUT2D eigenvalue weighted by atomic mass is 32.1. The summed E-state index contributed by atoms with van der Waals surface area (Å²) in [5.74, 6) is 1.69. The summed E-state index contributed by atoms with van der Waals surface area (Å²) < 4.78 is 7.46. The molecule has 1 aliphatic heterocycles. The zero-order valence-electron chi connectivity index (χ0n) is 17.7. The minimum Gasteiger partial charge on any atom is -0.360 e. The molecular weight excluding hydrogens is 410 g/mol. The van der Waals surface area contributed by atoms with Gasteiger partial charge in [-0.25, -0.2) is 4.98 Å². The molecule has 1 saturated heterocycles. The molecule has 4 aromatic rings. The normalized spacial score (nSPS) is 16.7. The number of rotatable bonds is 5. The molecule has 1 atom stereocenters. The van der Waals surface area contributed by atoms with Gasteiger partial charge in [-0.3, -0.25) is 9.20 Å². The first kappa shape index (κ1) is 19.8. The predicted molar refractivity (Wildman–Crippen MR) is 121 cm³/mol. The summed E-state index contributed by atoms with van der Waals surface area (Å²) in [6, 6.07) is 10.1. The number of likely N-dealkylation sites (tertiary alicyclic amines) is 1. The first-order valence-corrected chi connectivity index (χ1v) is 11.6. The summed E-state index contributed by atoms with van der Waals surface area (Å²) in [6.45, 7) is 5.22. The zero-order chi connectivity index (χ0) is 21.4. The zero-order valence-corrected chi connectivity index (χ0v) is 18.5. The molecule has 5 rings (SSSR count). The number of nitrogens with one attached hydrogen (secondary N) is 1. The molecule has 1 N–H and O–H groups in total. The third-order valence-corrected chi connectivity index (χ3v) is 6.76. The minimum absolute atomic E-state index is 0.0181. The third kappa shape index (κ3) is 3.61.